The van der Waals surface area contributed by atoms with Crippen molar-refractivity contribution in [3.63, 3.8) is 0 Å². The fourth-order valence-electron chi connectivity index (χ4n) is 11.8. The van der Waals surface area contributed by atoms with Crippen LogP contribution in [0.25, 0.3) is 11.2 Å². The van der Waals surface area contributed by atoms with Gasteiger partial charge in [-0.05, 0) is 56.9 Å². The molecule has 93 heavy (non-hydrogen) atoms. The summed E-state index contributed by atoms with van der Waals surface area (Å²) in [6, 6.07) is -2.54. The van der Waals surface area contributed by atoms with E-state index in [4.69, 9.17) is 32.4 Å². The van der Waals surface area contributed by atoms with Gasteiger partial charge in [-0.2, -0.15) is 4.98 Å². The molecule has 8 amide bonds. The number of nitrogens with two attached hydrogens (primary N) is 4. The van der Waals surface area contributed by atoms with Gasteiger partial charge < -0.3 is 84.1 Å². The van der Waals surface area contributed by atoms with E-state index in [2.05, 4.69) is 51.5 Å². The fourth-order valence-corrected chi connectivity index (χ4v) is 12.9. The van der Waals surface area contributed by atoms with Crippen molar-refractivity contribution in [2.24, 2.45) is 28.1 Å². The molecule has 2 aromatic heterocycles. The van der Waals surface area contributed by atoms with E-state index in [0.29, 0.717) is 23.1 Å². The number of primary amides is 1. The molecule has 1 aromatic carbocycles. The third-order valence-corrected chi connectivity index (χ3v) is 17.5. The van der Waals surface area contributed by atoms with Gasteiger partial charge in [0, 0.05) is 86.5 Å². The van der Waals surface area contributed by atoms with Crippen LogP contribution in [-0.4, -0.2) is 219 Å². The zero-order chi connectivity index (χ0) is 67.9. The molecule has 0 saturated carbocycles. The number of likely N-dealkylation sites (tertiary alicyclic amines) is 1. The van der Waals surface area contributed by atoms with Gasteiger partial charge in [-0.15, -0.1) is 11.8 Å². The average Bonchev–Trinajstić information content (AvgIpc) is 1.49. The average molecular weight is 1310 g/mol. The Kier molecular flexibility index (Phi) is 21.1. The van der Waals surface area contributed by atoms with E-state index >= 15 is 0 Å². The maximum atomic E-state index is 13.9. The number of guanidine groups is 1. The molecule has 17 N–H and O–H groups in total. The van der Waals surface area contributed by atoms with Crippen LogP contribution >= 0.6 is 11.8 Å². The number of thioether (sulfide) groups is 1. The number of aromatic amines is 1. The number of anilines is 2. The number of aromatic nitrogens is 4. The lowest BCUT2D eigenvalue weighted by atomic mass is 9.80. The summed E-state index contributed by atoms with van der Waals surface area (Å²) in [5.41, 5.74) is 21.0. The van der Waals surface area contributed by atoms with Crippen molar-refractivity contribution in [1.29, 1.82) is 0 Å². The number of nitrogens with zero attached hydrogens (tertiary/aromatic N) is 7. The number of methoxy groups -OCH3 is 2. The van der Waals surface area contributed by atoms with Crippen molar-refractivity contribution >= 4 is 117 Å². The van der Waals surface area contributed by atoms with Crippen molar-refractivity contribution in [3.05, 3.63) is 74.7 Å². The number of ketones is 2. The summed E-state index contributed by atoms with van der Waals surface area (Å²) in [5.74, 6) is -14.9. The Bertz CT molecular complexity index is 3760. The molecule has 3 aromatic rings. The van der Waals surface area contributed by atoms with E-state index < -0.39 is 173 Å². The van der Waals surface area contributed by atoms with Crippen LogP contribution in [0.4, 0.5) is 11.6 Å². The zero-order valence-electron chi connectivity index (χ0n) is 50.1. The van der Waals surface area contributed by atoms with Crippen LogP contribution in [0, 0.1) is 5.92 Å². The number of ether oxygens (including phenoxy) is 2. The highest BCUT2D eigenvalue weighted by Crippen LogP contribution is 2.61. The number of rotatable bonds is 32. The van der Waals surface area contributed by atoms with Crippen molar-refractivity contribution in [1.82, 2.24) is 55.9 Å². The number of allylic oxidation sites excluding steroid dienone is 2. The van der Waals surface area contributed by atoms with Gasteiger partial charge in [0.25, 0.3) is 11.5 Å². The van der Waals surface area contributed by atoms with E-state index in [1.807, 2.05) is 0 Å². The van der Waals surface area contributed by atoms with Gasteiger partial charge in [0.1, 0.15) is 30.2 Å². The van der Waals surface area contributed by atoms with Gasteiger partial charge in [-0.1, -0.05) is 0 Å². The van der Waals surface area contributed by atoms with Crippen molar-refractivity contribution < 1.29 is 87.1 Å². The molecular formula is C56H67N17O19S. The molecule has 0 radical (unpaired) electrons. The Labute approximate surface area is 530 Å². The number of carboxylic acids is 3. The highest BCUT2D eigenvalue weighted by Gasteiger charge is 2.77. The molecule has 496 valence electrons. The third-order valence-electron chi connectivity index (χ3n) is 16.2. The SMILES string of the molecule is COC1=C(C)C(=O)C2=C(C1=O)[C@H](CCC(N)=O)[C@]1(OC)C3C(CN21)N3C(=O)CCN1C(=O)CC(SCC(NC(=O)[C@@H](CC(=O)O)NC(=O)[C@@H](CCCN=C(N)N)NC(=O)CC[C@@H](NC(=O)c2ccc(NCc3cnc4nc(N)[nH]c(=O)c4n3)cc2)C(=O)O)C(=O)O)C1=O. The lowest BCUT2D eigenvalue weighted by Crippen LogP contribution is -2.56. The van der Waals surface area contributed by atoms with E-state index in [1.54, 1.807) is 4.90 Å². The van der Waals surface area contributed by atoms with Gasteiger partial charge in [-0.25, -0.2) is 19.6 Å². The van der Waals surface area contributed by atoms with Crippen LogP contribution in [0.2, 0.25) is 0 Å². The lowest BCUT2D eigenvalue weighted by Gasteiger charge is -2.41. The number of carbonyl (C=O) groups is 13. The molecule has 0 spiro atoms. The number of nitrogens with one attached hydrogen (secondary N) is 6. The van der Waals surface area contributed by atoms with E-state index in [1.165, 1.54) is 56.5 Å². The molecule has 0 bridgehead atoms. The van der Waals surface area contributed by atoms with Gasteiger partial charge >= 0.3 is 17.9 Å². The van der Waals surface area contributed by atoms with Crippen LogP contribution in [0.5, 0.6) is 0 Å². The third kappa shape index (κ3) is 14.9. The molecule has 5 aliphatic rings. The summed E-state index contributed by atoms with van der Waals surface area (Å²) < 4.78 is 11.4. The summed E-state index contributed by atoms with van der Waals surface area (Å²) in [6.45, 7) is 1.13. The van der Waals surface area contributed by atoms with Crippen LogP contribution in [0.15, 0.2) is 62.9 Å². The lowest BCUT2D eigenvalue weighted by molar-refractivity contribution is -0.151. The Hall–Kier alpha value is -10.6. The Morgan fingerprint density at radius 3 is 2.18 bits per heavy atom. The second-order valence-corrected chi connectivity index (χ2v) is 23.4. The molecule has 3 fully saturated rings. The highest BCUT2D eigenvalue weighted by atomic mass is 32.2. The van der Waals surface area contributed by atoms with Crippen molar-refractivity contribution in [2.45, 2.75) is 118 Å². The molecule has 8 rings (SSSR count). The summed E-state index contributed by atoms with van der Waals surface area (Å²) in [7, 11) is 2.60. The van der Waals surface area contributed by atoms with Crippen molar-refractivity contribution in [3.8, 4) is 0 Å². The van der Waals surface area contributed by atoms with Crippen LogP contribution in [0.3, 0.4) is 0 Å². The quantitative estimate of drug-likeness (QED) is 0.00702. The van der Waals surface area contributed by atoms with Crippen molar-refractivity contribution in [2.75, 3.05) is 50.7 Å². The molecule has 9 atom stereocenters. The van der Waals surface area contributed by atoms with Crippen LogP contribution in [-0.2, 0) is 73.6 Å². The smallest absolute Gasteiger partial charge is 0.327 e. The number of carboxylic acid groups (broad SMARTS) is 3. The molecule has 37 heteroatoms. The standard InChI is InChI=1S/C56H67N17O19S/c1-23-42(80)41-39(43(81)44(23)91-2)27(10-12-34(57)74)56(92-3)45-32(21-72(41)56)73(45)36(76)14-16-71-37(77)18-33(51(71)86)93-22-31(53(89)90)68-49(84)30(17-38(78)79)67-48(83)28(5-4-15-61-54(58)59)65-35(75)13-11-29(52(87)88)66-47(82)24-6-8-25(9-7-24)62-19-26-20-63-46-40(64-26)50(85)70-55(60)69-46/h6-9,20,27-33,45,62H,4-5,10-19,21-22H2,1-3H3,(H2,57,74)(H,65,75)(H,66,82)(H,67,83)(H,68,84)(H,78,79)(H,87,88)(H,89,90)(H4,58,59,61)(H3,60,63,69,70,85)/t27-,28+,29+,30+,31?,32?,33?,45?,56-,73?/m0/s1. The second kappa shape index (κ2) is 28.7. The van der Waals surface area contributed by atoms with Gasteiger partial charge in [0.15, 0.2) is 28.6 Å². The molecule has 6 heterocycles. The monoisotopic (exact) mass is 1310 g/mol. The molecule has 4 unspecified atom stereocenters. The van der Waals surface area contributed by atoms with E-state index in [9.17, 15) is 82.4 Å². The molecule has 4 aliphatic heterocycles. The maximum absolute atomic E-state index is 13.9. The largest absolute Gasteiger partial charge is 0.492 e. The summed E-state index contributed by atoms with van der Waals surface area (Å²) in [4.78, 5) is 206. The second-order valence-electron chi connectivity index (χ2n) is 22.1. The first-order valence-corrected chi connectivity index (χ1v) is 29.9. The number of fused-ring (bicyclic) bond motifs is 5. The number of carbonyl (C=O) groups excluding carboxylic acids is 10. The van der Waals surface area contributed by atoms with Crippen LogP contribution < -0.4 is 55.1 Å². The minimum Gasteiger partial charge on any atom is -0.492 e. The summed E-state index contributed by atoms with van der Waals surface area (Å²) in [5, 5.41) is 40.9. The fraction of sp³-hybridized carbons (Fsp3) is 0.464. The summed E-state index contributed by atoms with van der Waals surface area (Å²) in [6.07, 6.45) is -2.11. The topological polar surface area (TPSA) is 559 Å². The van der Waals surface area contributed by atoms with E-state index in [0.717, 1.165) is 4.90 Å². The number of benzene rings is 1. The number of piperazine rings is 1. The predicted octanol–water partition coefficient (Wildman–Crippen LogP) is -4.35. The maximum Gasteiger partial charge on any atom is 0.327 e. The van der Waals surface area contributed by atoms with Crippen LogP contribution in [0.1, 0.15) is 80.8 Å². The van der Waals surface area contributed by atoms with Gasteiger partial charge in [0.05, 0.1) is 49.0 Å². The number of nitrogen functional groups attached to an aromatic ring is 1. The minimum absolute atomic E-state index is 0.00538. The first kappa shape index (κ1) is 68.3. The molecule has 36 nitrogen and oxygen atoms in total. The number of hydrogen-bond donors (Lipinski definition) is 13. The van der Waals surface area contributed by atoms with Gasteiger partial charge in [0.2, 0.25) is 58.9 Å². The Morgan fingerprint density at radius 2 is 1.54 bits per heavy atom. The number of hydrogen-bond acceptors (Lipinski definition) is 24. The Balaban J connectivity index is 0.832. The number of imide groups is 1. The molecule has 3 saturated heterocycles. The highest BCUT2D eigenvalue weighted by molar-refractivity contribution is 8.00. The Morgan fingerprint density at radius 1 is 0.849 bits per heavy atom. The number of amides is 8. The van der Waals surface area contributed by atoms with E-state index in [-0.39, 0.29) is 103 Å². The molecular weight excluding hydrogens is 1250 g/mol. The summed E-state index contributed by atoms with van der Waals surface area (Å²) >= 11 is 0.666. The minimum atomic E-state index is -1.99. The number of aliphatic carboxylic acids is 3. The normalized spacial score (nSPS) is 20.8. The number of Topliss-reactive ketones (excluding diaryl/α,β-unsaturated/α-hetero) is 2. The first-order chi connectivity index (χ1) is 44.1. The van der Waals surface area contributed by atoms with Gasteiger partial charge in [-0.3, -0.25) is 72.4 Å². The zero-order valence-corrected chi connectivity index (χ0v) is 50.9. The first-order valence-electron chi connectivity index (χ1n) is 28.9. The predicted molar refractivity (Wildman–Crippen MR) is 322 cm³/mol. The number of aliphatic imine (C=N–C) groups is 1. The molecule has 1 aliphatic carbocycles. The number of H-pyrrole nitrogens is 1.